The zero-order valence-electron chi connectivity index (χ0n) is 8.55. The molecule has 3 heteroatoms. The lowest BCUT2D eigenvalue weighted by Crippen LogP contribution is -2.41. The highest BCUT2D eigenvalue weighted by Gasteiger charge is 2.28. The maximum Gasteiger partial charge on any atom is 0.223 e. The molecule has 0 saturated heterocycles. The van der Waals surface area contributed by atoms with Gasteiger partial charge in [-0.15, -0.1) is 0 Å². The number of nitrogens with two attached hydrogens (primary N) is 1. The van der Waals surface area contributed by atoms with Crippen LogP contribution >= 0.6 is 0 Å². The van der Waals surface area contributed by atoms with E-state index in [1.54, 1.807) is 0 Å². The van der Waals surface area contributed by atoms with Gasteiger partial charge in [0.05, 0.1) is 0 Å². The van der Waals surface area contributed by atoms with Crippen molar-refractivity contribution in [3.8, 4) is 0 Å². The van der Waals surface area contributed by atoms with E-state index in [-0.39, 0.29) is 17.9 Å². The van der Waals surface area contributed by atoms with E-state index in [0.717, 1.165) is 25.8 Å². The van der Waals surface area contributed by atoms with E-state index in [1.807, 2.05) is 6.92 Å². The normalized spacial score (nSPS) is 34.2. The van der Waals surface area contributed by atoms with Gasteiger partial charge in [0, 0.05) is 18.5 Å². The molecule has 0 aromatic rings. The highest BCUT2D eigenvalue weighted by Crippen LogP contribution is 2.27. The number of hydrogen-bond donors (Lipinski definition) is 2. The maximum absolute atomic E-state index is 11.5. The summed E-state index contributed by atoms with van der Waals surface area (Å²) >= 11 is 0. The lowest BCUT2D eigenvalue weighted by Gasteiger charge is -2.30. The summed E-state index contributed by atoms with van der Waals surface area (Å²) in [6.45, 7) is 4.84. The summed E-state index contributed by atoms with van der Waals surface area (Å²) in [6, 6.07) is 0.210. The Morgan fingerprint density at radius 3 is 2.77 bits per heavy atom. The molecule has 1 amide bonds. The van der Waals surface area contributed by atoms with Crippen LogP contribution in [0.1, 0.15) is 33.1 Å². The predicted octanol–water partition coefficient (Wildman–Crippen LogP) is 0.886. The van der Waals surface area contributed by atoms with Gasteiger partial charge in [-0.05, 0) is 32.1 Å². The summed E-state index contributed by atoms with van der Waals surface area (Å²) in [6.07, 6.45) is 2.94. The van der Waals surface area contributed by atoms with Crippen molar-refractivity contribution < 1.29 is 4.79 Å². The van der Waals surface area contributed by atoms with Crippen LogP contribution in [0.4, 0.5) is 0 Å². The molecule has 0 bridgehead atoms. The first-order chi connectivity index (χ1) is 6.15. The van der Waals surface area contributed by atoms with Gasteiger partial charge in [0.1, 0.15) is 0 Å². The van der Waals surface area contributed by atoms with Crippen LogP contribution in [0.15, 0.2) is 0 Å². The standard InChI is InChI=1S/C10H20N2O/c1-3-12-10(13)8-5-4-7(2)9(11)6-8/h7-9H,3-6,11H2,1-2H3,(H,12,13). The SMILES string of the molecule is CCNC(=O)C1CCC(C)C(N)C1. The van der Waals surface area contributed by atoms with E-state index in [2.05, 4.69) is 12.2 Å². The first kappa shape index (κ1) is 10.5. The Kier molecular flexibility index (Phi) is 3.72. The van der Waals surface area contributed by atoms with Gasteiger partial charge in [-0.1, -0.05) is 6.92 Å². The minimum atomic E-state index is 0.158. The summed E-state index contributed by atoms with van der Waals surface area (Å²) in [5.74, 6) is 0.918. The molecule has 3 nitrogen and oxygen atoms in total. The van der Waals surface area contributed by atoms with Gasteiger partial charge in [0.2, 0.25) is 5.91 Å². The smallest absolute Gasteiger partial charge is 0.223 e. The number of rotatable bonds is 2. The Balaban J connectivity index is 2.40. The molecule has 1 saturated carbocycles. The van der Waals surface area contributed by atoms with Crippen LogP contribution in [-0.2, 0) is 4.79 Å². The first-order valence-electron chi connectivity index (χ1n) is 5.18. The number of nitrogens with one attached hydrogen (secondary N) is 1. The average Bonchev–Trinajstić information content (AvgIpc) is 2.10. The van der Waals surface area contributed by atoms with E-state index in [9.17, 15) is 4.79 Å². The molecule has 0 aromatic carbocycles. The van der Waals surface area contributed by atoms with Gasteiger partial charge in [0.15, 0.2) is 0 Å². The van der Waals surface area contributed by atoms with Gasteiger partial charge in [-0.25, -0.2) is 0 Å². The van der Waals surface area contributed by atoms with Crippen LogP contribution in [0, 0.1) is 11.8 Å². The monoisotopic (exact) mass is 184 g/mol. The van der Waals surface area contributed by atoms with E-state index in [1.165, 1.54) is 0 Å². The fourth-order valence-electron chi connectivity index (χ4n) is 1.91. The zero-order chi connectivity index (χ0) is 9.84. The van der Waals surface area contributed by atoms with Crippen molar-refractivity contribution in [2.24, 2.45) is 17.6 Å². The minimum Gasteiger partial charge on any atom is -0.356 e. The van der Waals surface area contributed by atoms with Gasteiger partial charge < -0.3 is 11.1 Å². The summed E-state index contributed by atoms with van der Waals surface area (Å²) in [5.41, 5.74) is 5.92. The molecule has 76 valence electrons. The fourth-order valence-corrected chi connectivity index (χ4v) is 1.91. The quantitative estimate of drug-likeness (QED) is 0.669. The third kappa shape index (κ3) is 2.69. The van der Waals surface area contributed by atoms with Crippen molar-refractivity contribution in [3.63, 3.8) is 0 Å². The van der Waals surface area contributed by atoms with Crippen LogP contribution in [0.5, 0.6) is 0 Å². The molecule has 3 atom stereocenters. The minimum absolute atomic E-state index is 0.158. The third-order valence-corrected chi connectivity index (χ3v) is 2.98. The third-order valence-electron chi connectivity index (χ3n) is 2.98. The second-order valence-electron chi connectivity index (χ2n) is 4.05. The van der Waals surface area contributed by atoms with Gasteiger partial charge in [-0.3, -0.25) is 4.79 Å². The topological polar surface area (TPSA) is 55.1 Å². The van der Waals surface area contributed by atoms with Crippen molar-refractivity contribution in [2.45, 2.75) is 39.2 Å². The molecule has 1 rings (SSSR count). The Morgan fingerprint density at radius 2 is 2.23 bits per heavy atom. The van der Waals surface area contributed by atoms with Crippen LogP contribution < -0.4 is 11.1 Å². The van der Waals surface area contributed by atoms with E-state index in [0.29, 0.717) is 5.92 Å². The molecule has 13 heavy (non-hydrogen) atoms. The molecule has 0 aliphatic heterocycles. The Morgan fingerprint density at radius 1 is 1.54 bits per heavy atom. The van der Waals surface area contributed by atoms with Gasteiger partial charge in [-0.2, -0.15) is 0 Å². The second-order valence-corrected chi connectivity index (χ2v) is 4.05. The van der Waals surface area contributed by atoms with Crippen molar-refractivity contribution in [1.29, 1.82) is 0 Å². The van der Waals surface area contributed by atoms with Gasteiger partial charge >= 0.3 is 0 Å². The molecular weight excluding hydrogens is 164 g/mol. The Labute approximate surface area is 80.1 Å². The summed E-state index contributed by atoms with van der Waals surface area (Å²) in [5, 5.41) is 2.86. The number of carbonyl (C=O) groups is 1. The molecule has 0 spiro atoms. The highest BCUT2D eigenvalue weighted by atomic mass is 16.1. The number of hydrogen-bond acceptors (Lipinski definition) is 2. The molecule has 3 N–H and O–H groups in total. The molecule has 3 unspecified atom stereocenters. The molecule has 0 heterocycles. The summed E-state index contributed by atoms with van der Waals surface area (Å²) in [4.78, 5) is 11.5. The predicted molar refractivity (Wildman–Crippen MR) is 53.2 cm³/mol. The molecule has 1 aliphatic carbocycles. The Bertz CT molecular complexity index is 182. The molecule has 0 radical (unpaired) electrons. The van der Waals surface area contributed by atoms with Crippen molar-refractivity contribution in [1.82, 2.24) is 5.32 Å². The zero-order valence-corrected chi connectivity index (χ0v) is 8.55. The lowest BCUT2D eigenvalue weighted by molar-refractivity contribution is -0.126. The molecular formula is C10H20N2O. The largest absolute Gasteiger partial charge is 0.356 e. The Hall–Kier alpha value is -0.570. The maximum atomic E-state index is 11.5. The molecule has 0 aromatic heterocycles. The van der Waals surface area contributed by atoms with E-state index in [4.69, 9.17) is 5.73 Å². The highest BCUT2D eigenvalue weighted by molar-refractivity contribution is 5.78. The van der Waals surface area contributed by atoms with Crippen molar-refractivity contribution >= 4 is 5.91 Å². The second kappa shape index (κ2) is 4.61. The van der Waals surface area contributed by atoms with Crippen molar-refractivity contribution in [3.05, 3.63) is 0 Å². The van der Waals surface area contributed by atoms with Crippen LogP contribution in [-0.4, -0.2) is 18.5 Å². The first-order valence-corrected chi connectivity index (χ1v) is 5.18. The molecule has 1 aliphatic rings. The van der Waals surface area contributed by atoms with Crippen LogP contribution in [0.2, 0.25) is 0 Å². The summed E-state index contributed by atoms with van der Waals surface area (Å²) in [7, 11) is 0. The van der Waals surface area contributed by atoms with Crippen molar-refractivity contribution in [2.75, 3.05) is 6.54 Å². The molecule has 1 fully saturated rings. The fraction of sp³-hybridized carbons (Fsp3) is 0.900. The van der Waals surface area contributed by atoms with E-state index >= 15 is 0 Å². The number of carbonyl (C=O) groups excluding carboxylic acids is 1. The number of amides is 1. The van der Waals surface area contributed by atoms with Crippen LogP contribution in [0.3, 0.4) is 0 Å². The van der Waals surface area contributed by atoms with E-state index < -0.39 is 0 Å². The lowest BCUT2D eigenvalue weighted by atomic mass is 9.79. The van der Waals surface area contributed by atoms with Gasteiger partial charge in [0.25, 0.3) is 0 Å². The van der Waals surface area contributed by atoms with Crippen LogP contribution in [0.25, 0.3) is 0 Å². The average molecular weight is 184 g/mol. The summed E-state index contributed by atoms with van der Waals surface area (Å²) < 4.78 is 0.